The van der Waals surface area contributed by atoms with E-state index in [0.717, 1.165) is 0 Å². The third-order valence-electron chi connectivity index (χ3n) is 3.25. The maximum absolute atomic E-state index is 11.3. The van der Waals surface area contributed by atoms with Crippen molar-refractivity contribution in [1.29, 1.82) is 0 Å². The molecule has 4 nitrogen and oxygen atoms in total. The van der Waals surface area contributed by atoms with Crippen molar-refractivity contribution in [3.8, 4) is 11.5 Å². The quantitative estimate of drug-likeness (QED) is 0.847. The Bertz CT molecular complexity index is 655. The van der Waals surface area contributed by atoms with E-state index >= 15 is 0 Å². The van der Waals surface area contributed by atoms with Gasteiger partial charge in [-0.3, -0.25) is 4.79 Å². The zero-order valence-corrected chi connectivity index (χ0v) is 12.5. The summed E-state index contributed by atoms with van der Waals surface area (Å²) in [6.45, 7) is 6.46. The topological polar surface area (TPSA) is 78.3 Å². The van der Waals surface area contributed by atoms with Crippen molar-refractivity contribution in [2.24, 2.45) is 5.73 Å². The first kappa shape index (κ1) is 14.9. The number of carbonyl (C=O) groups is 1. The van der Waals surface area contributed by atoms with Crippen molar-refractivity contribution in [2.45, 2.75) is 26.2 Å². The number of hydrogen-bond acceptors (Lipinski definition) is 3. The summed E-state index contributed by atoms with van der Waals surface area (Å²) in [5.74, 6) is 0.658. The van der Waals surface area contributed by atoms with Gasteiger partial charge in [0, 0.05) is 5.69 Å². The first-order valence-corrected chi connectivity index (χ1v) is 6.75. The van der Waals surface area contributed by atoms with E-state index in [0.29, 0.717) is 17.2 Å². The molecule has 2 aromatic rings. The zero-order valence-electron chi connectivity index (χ0n) is 12.5. The Hall–Kier alpha value is -2.49. The lowest BCUT2D eigenvalue weighted by Gasteiger charge is -2.19. The average molecular weight is 284 g/mol. The molecule has 2 aromatic carbocycles. The Labute approximate surface area is 124 Å². The molecule has 0 atom stereocenters. The predicted molar refractivity (Wildman–Crippen MR) is 84.6 cm³/mol. The standard InChI is InChI=1S/C17H20N2O2/c1-17(2,3)11-4-6-12(7-5-11)21-13-8-9-15(18)14(10-13)16(19)20/h4-10H,18H2,1-3H3,(H2,19,20). The Kier molecular flexibility index (Phi) is 3.89. The summed E-state index contributed by atoms with van der Waals surface area (Å²) in [5, 5.41) is 0. The van der Waals surface area contributed by atoms with E-state index in [4.69, 9.17) is 16.2 Å². The number of hydrogen-bond donors (Lipinski definition) is 2. The lowest BCUT2D eigenvalue weighted by molar-refractivity contribution is 0.100. The monoisotopic (exact) mass is 284 g/mol. The number of anilines is 1. The van der Waals surface area contributed by atoms with Gasteiger partial charge in [-0.1, -0.05) is 32.9 Å². The Morgan fingerprint density at radius 3 is 2.10 bits per heavy atom. The fourth-order valence-electron chi connectivity index (χ4n) is 1.97. The molecule has 0 radical (unpaired) electrons. The molecule has 2 rings (SSSR count). The molecule has 4 heteroatoms. The Morgan fingerprint density at radius 1 is 1.00 bits per heavy atom. The van der Waals surface area contributed by atoms with E-state index < -0.39 is 5.91 Å². The molecular weight excluding hydrogens is 264 g/mol. The molecule has 0 bridgehead atoms. The highest BCUT2D eigenvalue weighted by Gasteiger charge is 2.13. The summed E-state index contributed by atoms with van der Waals surface area (Å²) in [6, 6.07) is 12.7. The van der Waals surface area contributed by atoms with Crippen LogP contribution in [0.15, 0.2) is 42.5 Å². The van der Waals surface area contributed by atoms with Crippen molar-refractivity contribution in [1.82, 2.24) is 0 Å². The number of nitrogens with two attached hydrogens (primary N) is 2. The first-order chi connectivity index (χ1) is 9.77. The van der Waals surface area contributed by atoms with Crippen molar-refractivity contribution >= 4 is 11.6 Å². The van der Waals surface area contributed by atoms with E-state index in [1.54, 1.807) is 18.2 Å². The van der Waals surface area contributed by atoms with Crippen LogP contribution in [0, 0.1) is 0 Å². The van der Waals surface area contributed by atoms with Gasteiger partial charge in [0.2, 0.25) is 0 Å². The van der Waals surface area contributed by atoms with E-state index in [2.05, 4.69) is 20.8 Å². The van der Waals surface area contributed by atoms with Gasteiger partial charge in [0.25, 0.3) is 5.91 Å². The van der Waals surface area contributed by atoms with Gasteiger partial charge in [-0.2, -0.15) is 0 Å². The third-order valence-corrected chi connectivity index (χ3v) is 3.25. The number of carbonyl (C=O) groups excluding carboxylic acids is 1. The van der Waals surface area contributed by atoms with Crippen LogP contribution >= 0.6 is 0 Å². The van der Waals surface area contributed by atoms with Gasteiger partial charge in [-0.05, 0) is 41.3 Å². The minimum Gasteiger partial charge on any atom is -0.457 e. The normalized spacial score (nSPS) is 11.2. The highest BCUT2D eigenvalue weighted by molar-refractivity contribution is 5.98. The minimum atomic E-state index is -0.568. The average Bonchev–Trinajstić information content (AvgIpc) is 2.40. The molecule has 0 aliphatic carbocycles. The van der Waals surface area contributed by atoms with E-state index in [1.807, 2.05) is 24.3 Å². The molecule has 0 saturated heterocycles. The van der Waals surface area contributed by atoms with Crippen LogP contribution in [0.4, 0.5) is 5.69 Å². The molecular formula is C17H20N2O2. The predicted octanol–water partition coefficient (Wildman–Crippen LogP) is 3.46. The lowest BCUT2D eigenvalue weighted by atomic mass is 9.87. The summed E-state index contributed by atoms with van der Waals surface area (Å²) in [5.41, 5.74) is 12.9. The number of rotatable bonds is 3. The van der Waals surface area contributed by atoms with Gasteiger partial charge in [-0.15, -0.1) is 0 Å². The van der Waals surface area contributed by atoms with Crippen LogP contribution in [0.25, 0.3) is 0 Å². The van der Waals surface area contributed by atoms with E-state index in [1.165, 1.54) is 5.56 Å². The number of ether oxygens (including phenoxy) is 1. The molecule has 0 saturated carbocycles. The van der Waals surface area contributed by atoms with E-state index in [-0.39, 0.29) is 11.0 Å². The SMILES string of the molecule is CC(C)(C)c1ccc(Oc2ccc(N)c(C(N)=O)c2)cc1. The number of primary amides is 1. The highest BCUT2D eigenvalue weighted by atomic mass is 16.5. The molecule has 0 aliphatic heterocycles. The maximum Gasteiger partial charge on any atom is 0.250 e. The van der Waals surface area contributed by atoms with Gasteiger partial charge in [0.1, 0.15) is 11.5 Å². The summed E-state index contributed by atoms with van der Waals surface area (Å²) in [6.07, 6.45) is 0. The summed E-state index contributed by atoms with van der Waals surface area (Å²) in [4.78, 5) is 11.3. The fourth-order valence-corrected chi connectivity index (χ4v) is 1.97. The summed E-state index contributed by atoms with van der Waals surface area (Å²) in [7, 11) is 0. The van der Waals surface area contributed by atoms with Crippen LogP contribution in [0.1, 0.15) is 36.7 Å². The molecule has 0 heterocycles. The molecule has 110 valence electrons. The third kappa shape index (κ3) is 3.54. The number of nitrogen functional groups attached to an aromatic ring is 1. The second-order valence-electron chi connectivity index (χ2n) is 5.99. The van der Waals surface area contributed by atoms with Crippen LogP contribution in [0.2, 0.25) is 0 Å². The fraction of sp³-hybridized carbons (Fsp3) is 0.235. The molecule has 1 amide bonds. The number of amides is 1. The van der Waals surface area contributed by atoms with Gasteiger partial charge >= 0.3 is 0 Å². The van der Waals surface area contributed by atoms with Crippen LogP contribution in [0.5, 0.6) is 11.5 Å². The summed E-state index contributed by atoms with van der Waals surface area (Å²) < 4.78 is 5.73. The molecule has 0 fully saturated rings. The van der Waals surface area contributed by atoms with Crippen molar-refractivity contribution < 1.29 is 9.53 Å². The van der Waals surface area contributed by atoms with Gasteiger partial charge in [0.15, 0.2) is 0 Å². The highest BCUT2D eigenvalue weighted by Crippen LogP contribution is 2.28. The van der Waals surface area contributed by atoms with Gasteiger partial charge in [-0.25, -0.2) is 0 Å². The molecule has 21 heavy (non-hydrogen) atoms. The smallest absolute Gasteiger partial charge is 0.250 e. The van der Waals surface area contributed by atoms with Gasteiger partial charge < -0.3 is 16.2 Å². The van der Waals surface area contributed by atoms with Crippen molar-refractivity contribution in [2.75, 3.05) is 5.73 Å². The zero-order chi connectivity index (χ0) is 15.6. The largest absolute Gasteiger partial charge is 0.457 e. The van der Waals surface area contributed by atoms with Crippen LogP contribution in [0.3, 0.4) is 0 Å². The van der Waals surface area contributed by atoms with E-state index in [9.17, 15) is 4.79 Å². The van der Waals surface area contributed by atoms with Crippen molar-refractivity contribution in [3.63, 3.8) is 0 Å². The summed E-state index contributed by atoms with van der Waals surface area (Å²) >= 11 is 0. The van der Waals surface area contributed by atoms with Crippen LogP contribution in [-0.2, 0) is 5.41 Å². The van der Waals surface area contributed by atoms with Gasteiger partial charge in [0.05, 0.1) is 5.56 Å². The molecule has 0 aromatic heterocycles. The Morgan fingerprint density at radius 2 is 1.57 bits per heavy atom. The molecule has 4 N–H and O–H groups in total. The van der Waals surface area contributed by atoms with Crippen molar-refractivity contribution in [3.05, 3.63) is 53.6 Å². The second kappa shape index (κ2) is 5.48. The van der Waals surface area contributed by atoms with Crippen LogP contribution in [-0.4, -0.2) is 5.91 Å². The molecule has 0 aliphatic rings. The second-order valence-corrected chi connectivity index (χ2v) is 5.99. The van der Waals surface area contributed by atoms with Crippen LogP contribution < -0.4 is 16.2 Å². The first-order valence-electron chi connectivity index (χ1n) is 6.75. The number of benzene rings is 2. The Balaban J connectivity index is 2.22. The minimum absolute atomic E-state index is 0.0961. The maximum atomic E-state index is 11.3. The molecule has 0 spiro atoms. The lowest BCUT2D eigenvalue weighted by Crippen LogP contribution is -2.13. The molecule has 0 unspecified atom stereocenters.